The Morgan fingerprint density at radius 3 is 2.71 bits per heavy atom. The molecule has 4 heteroatoms. The van der Waals surface area contributed by atoms with Gasteiger partial charge in [-0.2, -0.15) is 11.8 Å². The zero-order valence-corrected chi connectivity index (χ0v) is 10.3. The van der Waals surface area contributed by atoms with Gasteiger partial charge in [0.1, 0.15) is 0 Å². The van der Waals surface area contributed by atoms with E-state index in [1.54, 1.807) is 0 Å². The maximum atomic E-state index is 5.98. The van der Waals surface area contributed by atoms with Gasteiger partial charge in [-0.05, 0) is 38.0 Å². The van der Waals surface area contributed by atoms with E-state index in [4.69, 9.17) is 5.73 Å². The topological polar surface area (TPSA) is 29.3 Å². The molecule has 2 rings (SSSR count). The Morgan fingerprint density at radius 2 is 2.07 bits per heavy atom. The van der Waals surface area contributed by atoms with Gasteiger partial charge in [-0.25, -0.2) is 0 Å². The molecular formula is C10H21ClN2S. The van der Waals surface area contributed by atoms with Crippen molar-refractivity contribution in [1.29, 1.82) is 0 Å². The minimum atomic E-state index is 0. The van der Waals surface area contributed by atoms with Crippen molar-refractivity contribution >= 4 is 24.2 Å². The van der Waals surface area contributed by atoms with E-state index in [0.717, 1.165) is 12.6 Å². The van der Waals surface area contributed by atoms with E-state index < -0.39 is 0 Å². The first kappa shape index (κ1) is 12.6. The zero-order valence-electron chi connectivity index (χ0n) is 8.65. The SMILES string of the molecule is Cl.N[C@@H]1CCCN(C2CCCSC2)C1. The van der Waals surface area contributed by atoms with Crippen LogP contribution in [0.5, 0.6) is 0 Å². The molecule has 14 heavy (non-hydrogen) atoms. The third-order valence-electron chi connectivity index (χ3n) is 3.14. The van der Waals surface area contributed by atoms with E-state index in [-0.39, 0.29) is 12.4 Å². The zero-order chi connectivity index (χ0) is 9.10. The maximum Gasteiger partial charge on any atom is 0.0187 e. The minimum absolute atomic E-state index is 0. The van der Waals surface area contributed by atoms with Crippen LogP contribution in [0.3, 0.4) is 0 Å². The van der Waals surface area contributed by atoms with Crippen molar-refractivity contribution in [2.45, 2.75) is 37.8 Å². The Hall–Kier alpha value is 0.560. The molecule has 2 fully saturated rings. The van der Waals surface area contributed by atoms with E-state index in [2.05, 4.69) is 16.7 Å². The number of hydrogen-bond donors (Lipinski definition) is 1. The summed E-state index contributed by atoms with van der Waals surface area (Å²) in [5.41, 5.74) is 5.98. The van der Waals surface area contributed by atoms with Crippen LogP contribution in [0, 0.1) is 0 Å². The van der Waals surface area contributed by atoms with Crippen LogP contribution in [0.2, 0.25) is 0 Å². The lowest BCUT2D eigenvalue weighted by atomic mass is 10.0. The maximum absolute atomic E-state index is 5.98. The summed E-state index contributed by atoms with van der Waals surface area (Å²) in [4.78, 5) is 2.63. The molecule has 2 aliphatic heterocycles. The number of thioether (sulfide) groups is 1. The standard InChI is InChI=1S/C10H20N2S.ClH/c11-9-3-1-5-12(7-9)10-4-2-6-13-8-10;/h9-10H,1-8,11H2;1H/t9-,10?;/m1./s1. The molecule has 0 bridgehead atoms. The van der Waals surface area contributed by atoms with Crippen LogP contribution in [-0.2, 0) is 0 Å². The van der Waals surface area contributed by atoms with Gasteiger partial charge in [-0.1, -0.05) is 0 Å². The van der Waals surface area contributed by atoms with Crippen molar-refractivity contribution < 1.29 is 0 Å². The monoisotopic (exact) mass is 236 g/mol. The van der Waals surface area contributed by atoms with Crippen LogP contribution in [0.4, 0.5) is 0 Å². The van der Waals surface area contributed by atoms with E-state index in [0.29, 0.717) is 6.04 Å². The van der Waals surface area contributed by atoms with E-state index in [1.807, 2.05) is 0 Å². The fourth-order valence-corrected chi connectivity index (χ4v) is 3.57. The van der Waals surface area contributed by atoms with Crippen molar-refractivity contribution in [1.82, 2.24) is 4.90 Å². The van der Waals surface area contributed by atoms with Gasteiger partial charge in [-0.15, -0.1) is 12.4 Å². The molecule has 84 valence electrons. The molecule has 2 aliphatic rings. The Kier molecular flexibility index (Phi) is 5.60. The van der Waals surface area contributed by atoms with Gasteiger partial charge >= 0.3 is 0 Å². The lowest BCUT2D eigenvalue weighted by Crippen LogP contribution is -2.49. The van der Waals surface area contributed by atoms with Crippen LogP contribution in [0.25, 0.3) is 0 Å². The summed E-state index contributed by atoms with van der Waals surface area (Å²) in [5, 5.41) is 0. The molecule has 2 nitrogen and oxygen atoms in total. The normalized spacial score (nSPS) is 34.9. The molecular weight excluding hydrogens is 216 g/mol. The van der Waals surface area contributed by atoms with Crippen molar-refractivity contribution in [3.05, 3.63) is 0 Å². The molecule has 2 N–H and O–H groups in total. The summed E-state index contributed by atoms with van der Waals surface area (Å²) in [6.45, 7) is 2.43. The highest BCUT2D eigenvalue weighted by Gasteiger charge is 2.25. The third-order valence-corrected chi connectivity index (χ3v) is 4.34. The van der Waals surface area contributed by atoms with Crippen LogP contribution in [0.15, 0.2) is 0 Å². The largest absolute Gasteiger partial charge is 0.327 e. The molecule has 0 aromatic heterocycles. The molecule has 0 spiro atoms. The molecule has 0 radical (unpaired) electrons. The lowest BCUT2D eigenvalue weighted by Gasteiger charge is -2.38. The Morgan fingerprint density at radius 1 is 1.21 bits per heavy atom. The Balaban J connectivity index is 0.000000980. The Bertz CT molecular complexity index is 162. The molecule has 0 saturated carbocycles. The van der Waals surface area contributed by atoms with Crippen molar-refractivity contribution in [3.8, 4) is 0 Å². The van der Waals surface area contributed by atoms with Crippen molar-refractivity contribution in [2.75, 3.05) is 24.6 Å². The van der Waals surface area contributed by atoms with Gasteiger partial charge in [0.05, 0.1) is 0 Å². The fourth-order valence-electron chi connectivity index (χ4n) is 2.38. The van der Waals surface area contributed by atoms with Gasteiger partial charge in [0.2, 0.25) is 0 Å². The van der Waals surface area contributed by atoms with Gasteiger partial charge in [0.25, 0.3) is 0 Å². The van der Waals surface area contributed by atoms with E-state index in [1.165, 1.54) is 43.7 Å². The van der Waals surface area contributed by atoms with Gasteiger partial charge in [0, 0.05) is 24.4 Å². The molecule has 2 saturated heterocycles. The number of hydrogen-bond acceptors (Lipinski definition) is 3. The Labute approximate surface area is 97.4 Å². The first-order chi connectivity index (χ1) is 6.36. The second-order valence-electron chi connectivity index (χ2n) is 4.27. The minimum Gasteiger partial charge on any atom is -0.327 e. The summed E-state index contributed by atoms with van der Waals surface area (Å²) in [6, 6.07) is 1.28. The first-order valence-electron chi connectivity index (χ1n) is 5.43. The summed E-state index contributed by atoms with van der Waals surface area (Å²) in [5.74, 6) is 2.71. The van der Waals surface area contributed by atoms with Gasteiger partial charge < -0.3 is 5.73 Å². The summed E-state index contributed by atoms with van der Waals surface area (Å²) < 4.78 is 0. The molecule has 2 heterocycles. The highest BCUT2D eigenvalue weighted by Crippen LogP contribution is 2.23. The fraction of sp³-hybridized carbons (Fsp3) is 1.00. The summed E-state index contributed by atoms with van der Waals surface area (Å²) in [7, 11) is 0. The van der Waals surface area contributed by atoms with Crippen LogP contribution in [-0.4, -0.2) is 41.6 Å². The average Bonchev–Trinajstić information content (AvgIpc) is 2.19. The lowest BCUT2D eigenvalue weighted by molar-refractivity contribution is 0.153. The smallest absolute Gasteiger partial charge is 0.0187 e. The molecule has 0 amide bonds. The predicted molar refractivity (Wildman–Crippen MR) is 66.4 cm³/mol. The number of nitrogens with two attached hydrogens (primary N) is 1. The van der Waals surface area contributed by atoms with E-state index >= 15 is 0 Å². The molecule has 1 unspecified atom stereocenters. The van der Waals surface area contributed by atoms with Crippen LogP contribution >= 0.6 is 24.2 Å². The highest BCUT2D eigenvalue weighted by molar-refractivity contribution is 7.99. The number of nitrogens with zero attached hydrogens (tertiary/aromatic N) is 1. The molecule has 0 aromatic rings. The van der Waals surface area contributed by atoms with Crippen LogP contribution < -0.4 is 5.73 Å². The number of likely N-dealkylation sites (tertiary alicyclic amines) is 1. The third kappa shape index (κ3) is 3.30. The van der Waals surface area contributed by atoms with E-state index in [9.17, 15) is 0 Å². The second-order valence-corrected chi connectivity index (χ2v) is 5.42. The van der Waals surface area contributed by atoms with Crippen molar-refractivity contribution in [2.24, 2.45) is 5.73 Å². The predicted octanol–water partition coefficient (Wildman–Crippen LogP) is 1.73. The second kappa shape index (κ2) is 6.21. The van der Waals surface area contributed by atoms with Gasteiger partial charge in [-0.3, -0.25) is 4.90 Å². The number of piperidine rings is 1. The quantitative estimate of drug-likeness (QED) is 0.752. The molecule has 2 atom stereocenters. The number of halogens is 1. The molecule has 0 aliphatic carbocycles. The molecule has 0 aromatic carbocycles. The highest BCUT2D eigenvalue weighted by atomic mass is 35.5. The van der Waals surface area contributed by atoms with Gasteiger partial charge in [0.15, 0.2) is 0 Å². The van der Waals surface area contributed by atoms with Crippen LogP contribution in [0.1, 0.15) is 25.7 Å². The first-order valence-corrected chi connectivity index (χ1v) is 6.59. The summed E-state index contributed by atoms with van der Waals surface area (Å²) >= 11 is 2.12. The summed E-state index contributed by atoms with van der Waals surface area (Å²) in [6.07, 6.45) is 5.35. The van der Waals surface area contributed by atoms with Crippen molar-refractivity contribution in [3.63, 3.8) is 0 Å². The number of rotatable bonds is 1. The average molecular weight is 237 g/mol.